The molecule has 1 atom stereocenters. The average Bonchev–Trinajstić information content (AvgIpc) is 2.40. The van der Waals surface area contributed by atoms with Gasteiger partial charge in [0.2, 0.25) is 0 Å². The number of methoxy groups -OCH3 is 1. The quantitative estimate of drug-likeness (QED) is 0.711. The number of benzene rings is 1. The van der Waals surface area contributed by atoms with Crippen molar-refractivity contribution in [3.63, 3.8) is 0 Å². The van der Waals surface area contributed by atoms with E-state index >= 15 is 0 Å². The number of ketones is 1. The third-order valence-corrected chi connectivity index (χ3v) is 5.42. The number of ether oxygens (including phenoxy) is 1. The first-order valence-corrected chi connectivity index (χ1v) is 8.04. The lowest BCUT2D eigenvalue weighted by atomic mass is 9.66. The molecule has 0 aliphatic heterocycles. The highest BCUT2D eigenvalue weighted by atomic mass is 79.9. The van der Waals surface area contributed by atoms with Crippen LogP contribution in [0, 0.1) is 18.3 Å². The molecule has 110 valence electrons. The van der Waals surface area contributed by atoms with Crippen molar-refractivity contribution in [3.8, 4) is 5.75 Å². The van der Waals surface area contributed by atoms with Gasteiger partial charge >= 0.3 is 0 Å². The summed E-state index contributed by atoms with van der Waals surface area (Å²) in [4.78, 5) is 13.0. The highest BCUT2D eigenvalue weighted by Gasteiger charge is 2.38. The minimum absolute atomic E-state index is 0.0811. The lowest BCUT2D eigenvalue weighted by molar-refractivity contribution is 0.0694. The molecule has 1 fully saturated rings. The van der Waals surface area contributed by atoms with Crippen molar-refractivity contribution in [2.24, 2.45) is 11.3 Å². The van der Waals surface area contributed by atoms with Crippen LogP contribution in [0.4, 0.5) is 0 Å². The molecule has 0 spiro atoms. The van der Waals surface area contributed by atoms with Crippen LogP contribution in [-0.2, 0) is 0 Å². The Kier molecular flexibility index (Phi) is 4.58. The molecule has 2 rings (SSSR count). The summed E-state index contributed by atoms with van der Waals surface area (Å²) >= 11 is 3.52. The van der Waals surface area contributed by atoms with Crippen LogP contribution in [0.15, 0.2) is 16.6 Å². The van der Waals surface area contributed by atoms with E-state index in [1.807, 2.05) is 19.1 Å². The molecular weight excluding hydrogens is 316 g/mol. The first kappa shape index (κ1) is 15.6. The molecule has 0 radical (unpaired) electrons. The van der Waals surface area contributed by atoms with Crippen molar-refractivity contribution in [2.45, 2.75) is 46.5 Å². The number of carbonyl (C=O) groups is 1. The second kappa shape index (κ2) is 5.88. The van der Waals surface area contributed by atoms with Gasteiger partial charge in [-0.05, 0) is 42.9 Å². The summed E-state index contributed by atoms with van der Waals surface area (Å²) in [6.07, 6.45) is 4.49. The summed E-state index contributed by atoms with van der Waals surface area (Å²) in [6, 6.07) is 3.86. The fraction of sp³-hybridized carbons (Fsp3) is 0.588. The van der Waals surface area contributed by atoms with E-state index in [-0.39, 0.29) is 17.1 Å². The molecule has 0 bridgehead atoms. The van der Waals surface area contributed by atoms with E-state index in [9.17, 15) is 4.79 Å². The minimum atomic E-state index is 0.0811. The molecule has 1 aliphatic carbocycles. The summed E-state index contributed by atoms with van der Waals surface area (Å²) in [5, 5.41) is 0. The van der Waals surface area contributed by atoms with E-state index < -0.39 is 0 Å². The van der Waals surface area contributed by atoms with Crippen molar-refractivity contribution in [1.29, 1.82) is 0 Å². The average molecular weight is 339 g/mol. The van der Waals surface area contributed by atoms with Gasteiger partial charge in [0.1, 0.15) is 5.75 Å². The topological polar surface area (TPSA) is 26.3 Å². The van der Waals surface area contributed by atoms with Gasteiger partial charge in [-0.25, -0.2) is 0 Å². The molecule has 1 aromatic carbocycles. The number of rotatable bonds is 3. The molecule has 1 aliphatic rings. The molecule has 3 heteroatoms. The largest absolute Gasteiger partial charge is 0.496 e. The maximum absolute atomic E-state index is 13.0. The zero-order valence-electron chi connectivity index (χ0n) is 12.8. The molecule has 20 heavy (non-hydrogen) atoms. The van der Waals surface area contributed by atoms with Crippen LogP contribution >= 0.6 is 15.9 Å². The van der Waals surface area contributed by atoms with Crippen LogP contribution < -0.4 is 4.74 Å². The van der Waals surface area contributed by atoms with Crippen molar-refractivity contribution in [2.75, 3.05) is 7.11 Å². The number of aryl methyl sites for hydroxylation is 1. The molecule has 2 nitrogen and oxygen atoms in total. The summed E-state index contributed by atoms with van der Waals surface area (Å²) in [7, 11) is 1.63. The fourth-order valence-electron chi connectivity index (χ4n) is 3.18. The minimum Gasteiger partial charge on any atom is -0.496 e. The number of halogens is 1. The van der Waals surface area contributed by atoms with Crippen LogP contribution in [0.5, 0.6) is 5.75 Å². The highest BCUT2D eigenvalue weighted by Crippen LogP contribution is 2.43. The predicted octanol–water partition coefficient (Wildman–Crippen LogP) is 5.17. The fourth-order valence-corrected chi connectivity index (χ4v) is 3.53. The summed E-state index contributed by atoms with van der Waals surface area (Å²) < 4.78 is 6.39. The highest BCUT2D eigenvalue weighted by molar-refractivity contribution is 9.10. The Labute approximate surface area is 130 Å². The van der Waals surface area contributed by atoms with Crippen LogP contribution in [0.1, 0.15) is 55.5 Å². The van der Waals surface area contributed by atoms with E-state index in [0.717, 1.165) is 29.3 Å². The molecule has 1 aromatic rings. The van der Waals surface area contributed by atoms with Gasteiger partial charge in [0.15, 0.2) is 5.78 Å². The molecular formula is C17H23BrO2. The van der Waals surface area contributed by atoms with Gasteiger partial charge in [-0.1, -0.05) is 42.6 Å². The molecule has 0 saturated heterocycles. The lowest BCUT2D eigenvalue weighted by Crippen LogP contribution is -2.34. The molecule has 1 saturated carbocycles. The summed E-state index contributed by atoms with van der Waals surface area (Å²) in [6.45, 7) is 6.43. The normalized spacial score (nSPS) is 21.6. The standard InChI is InChI=1S/C17H23BrO2/c1-11-9-15(20-4)12(10-14(11)18)16(19)13-7-5-6-8-17(13,2)3/h9-10,13H,5-8H2,1-4H3. The van der Waals surface area contributed by atoms with Crippen LogP contribution in [-0.4, -0.2) is 12.9 Å². The van der Waals surface area contributed by atoms with Gasteiger partial charge < -0.3 is 4.74 Å². The number of hydrogen-bond donors (Lipinski definition) is 0. The first-order valence-electron chi connectivity index (χ1n) is 7.25. The van der Waals surface area contributed by atoms with Crippen molar-refractivity contribution in [1.82, 2.24) is 0 Å². The van der Waals surface area contributed by atoms with E-state index in [1.54, 1.807) is 7.11 Å². The number of Topliss-reactive ketones (excluding diaryl/α,β-unsaturated/α-hetero) is 1. The third-order valence-electron chi connectivity index (χ3n) is 4.57. The van der Waals surface area contributed by atoms with Crippen molar-refractivity contribution in [3.05, 3.63) is 27.7 Å². The molecule has 1 unspecified atom stereocenters. The number of carbonyl (C=O) groups excluding carboxylic acids is 1. The second-order valence-corrected chi connectivity index (χ2v) is 7.31. The second-order valence-electron chi connectivity index (χ2n) is 6.45. The van der Waals surface area contributed by atoms with Gasteiger partial charge in [0.05, 0.1) is 12.7 Å². The van der Waals surface area contributed by atoms with Crippen LogP contribution in [0.3, 0.4) is 0 Å². The Morgan fingerprint density at radius 1 is 1.35 bits per heavy atom. The summed E-state index contributed by atoms with van der Waals surface area (Å²) in [5.41, 5.74) is 1.88. The Balaban J connectivity index is 2.40. The zero-order valence-corrected chi connectivity index (χ0v) is 14.3. The third kappa shape index (κ3) is 2.93. The molecule has 0 heterocycles. The van der Waals surface area contributed by atoms with E-state index in [4.69, 9.17) is 4.74 Å². The Bertz CT molecular complexity index is 520. The maximum Gasteiger partial charge on any atom is 0.170 e. The lowest BCUT2D eigenvalue weighted by Gasteiger charge is -2.37. The van der Waals surface area contributed by atoms with Gasteiger partial charge in [-0.3, -0.25) is 4.79 Å². The first-order chi connectivity index (χ1) is 9.36. The van der Waals surface area contributed by atoms with Crippen LogP contribution in [0.2, 0.25) is 0 Å². The van der Waals surface area contributed by atoms with Gasteiger partial charge in [0.25, 0.3) is 0 Å². The Morgan fingerprint density at radius 2 is 2.05 bits per heavy atom. The van der Waals surface area contributed by atoms with E-state index in [2.05, 4.69) is 29.8 Å². The maximum atomic E-state index is 13.0. The van der Waals surface area contributed by atoms with E-state index in [1.165, 1.54) is 6.42 Å². The zero-order chi connectivity index (χ0) is 14.9. The predicted molar refractivity (Wildman–Crippen MR) is 85.5 cm³/mol. The monoisotopic (exact) mass is 338 g/mol. The van der Waals surface area contributed by atoms with Crippen molar-refractivity contribution < 1.29 is 9.53 Å². The molecule has 0 amide bonds. The smallest absolute Gasteiger partial charge is 0.170 e. The van der Waals surface area contributed by atoms with Gasteiger partial charge in [-0.2, -0.15) is 0 Å². The van der Waals surface area contributed by atoms with Gasteiger partial charge in [-0.15, -0.1) is 0 Å². The summed E-state index contributed by atoms with van der Waals surface area (Å²) in [5.74, 6) is 1.02. The molecule has 0 aromatic heterocycles. The van der Waals surface area contributed by atoms with Crippen LogP contribution in [0.25, 0.3) is 0 Å². The van der Waals surface area contributed by atoms with Gasteiger partial charge in [0, 0.05) is 10.4 Å². The Morgan fingerprint density at radius 3 is 2.65 bits per heavy atom. The molecule has 0 N–H and O–H groups in total. The SMILES string of the molecule is COc1cc(C)c(Br)cc1C(=O)C1CCCCC1(C)C. The van der Waals surface area contributed by atoms with E-state index in [0.29, 0.717) is 11.3 Å². The van der Waals surface area contributed by atoms with Crippen molar-refractivity contribution >= 4 is 21.7 Å². The Hall–Kier alpha value is -0.830. The number of hydrogen-bond acceptors (Lipinski definition) is 2.